The predicted octanol–water partition coefficient (Wildman–Crippen LogP) is 5.50. The van der Waals surface area contributed by atoms with Crippen molar-refractivity contribution in [2.75, 3.05) is 6.54 Å². The van der Waals surface area contributed by atoms with Gasteiger partial charge >= 0.3 is 0 Å². The lowest BCUT2D eigenvalue weighted by molar-refractivity contribution is 0.454. The number of halogens is 1. The lowest BCUT2D eigenvalue weighted by Crippen LogP contribution is -2.31. The van der Waals surface area contributed by atoms with E-state index in [0.717, 1.165) is 19.4 Å². The van der Waals surface area contributed by atoms with Gasteiger partial charge in [0.1, 0.15) is 0 Å². The number of unbranched alkanes of at least 4 members (excludes halogenated alkanes) is 3. The largest absolute Gasteiger partial charge is 0.314 e. The van der Waals surface area contributed by atoms with Crippen LogP contribution in [0.25, 0.3) is 0 Å². The van der Waals surface area contributed by atoms with Crippen molar-refractivity contribution in [3.8, 4) is 0 Å². The summed E-state index contributed by atoms with van der Waals surface area (Å²) in [4.78, 5) is 0. The van der Waals surface area contributed by atoms with Crippen LogP contribution in [-0.4, -0.2) is 12.6 Å². The minimum absolute atomic E-state index is 0.605. The summed E-state index contributed by atoms with van der Waals surface area (Å²) in [5, 5.41) is 3.69. The highest BCUT2D eigenvalue weighted by molar-refractivity contribution is 9.10. The Kier molecular flexibility index (Phi) is 9.69. The van der Waals surface area contributed by atoms with Crippen LogP contribution in [0.5, 0.6) is 0 Å². The first kappa shape index (κ1) is 17.5. The molecule has 0 aliphatic heterocycles. The summed E-state index contributed by atoms with van der Waals surface area (Å²) in [5.41, 5.74) is 1.42. The fourth-order valence-electron chi connectivity index (χ4n) is 2.43. The van der Waals surface area contributed by atoms with Crippen LogP contribution in [0.4, 0.5) is 0 Å². The Bertz CT molecular complexity index is 375. The molecule has 0 aromatic heterocycles. The molecule has 0 spiro atoms. The molecule has 0 bridgehead atoms. The van der Waals surface area contributed by atoms with Gasteiger partial charge < -0.3 is 5.32 Å². The maximum atomic E-state index is 3.78. The van der Waals surface area contributed by atoms with Crippen molar-refractivity contribution in [1.29, 1.82) is 0 Å². The summed E-state index contributed by atoms with van der Waals surface area (Å²) in [6, 6.07) is 9.28. The summed E-state index contributed by atoms with van der Waals surface area (Å²) in [6.45, 7) is 7.13. The normalized spacial score (nSPS) is 12.3. The molecule has 1 aromatic carbocycles. The summed E-state index contributed by atoms with van der Waals surface area (Å²) >= 11 is 3.56. The Morgan fingerprint density at radius 3 is 2.85 bits per heavy atom. The third-order valence-electron chi connectivity index (χ3n) is 3.51. The first-order valence-corrected chi connectivity index (χ1v) is 8.64. The van der Waals surface area contributed by atoms with Gasteiger partial charge in [0.25, 0.3) is 0 Å². The molecule has 112 valence electrons. The molecule has 0 aliphatic carbocycles. The second kappa shape index (κ2) is 11.1. The minimum atomic E-state index is 0.605. The molecular weight excluding hydrogens is 310 g/mol. The fraction of sp³-hybridized carbons (Fsp3) is 0.556. The van der Waals surface area contributed by atoms with Crippen molar-refractivity contribution < 1.29 is 0 Å². The van der Waals surface area contributed by atoms with Crippen LogP contribution in [0.15, 0.2) is 41.4 Å². The van der Waals surface area contributed by atoms with E-state index in [1.54, 1.807) is 0 Å². The highest BCUT2D eigenvalue weighted by Crippen LogP contribution is 2.15. The number of benzene rings is 1. The summed E-state index contributed by atoms with van der Waals surface area (Å²) in [5.74, 6) is 0. The average Bonchev–Trinajstić information content (AvgIpc) is 2.44. The first-order valence-electron chi connectivity index (χ1n) is 7.85. The number of nitrogens with one attached hydrogen (secondary N) is 1. The topological polar surface area (TPSA) is 12.0 Å². The zero-order valence-electron chi connectivity index (χ0n) is 12.7. The van der Waals surface area contributed by atoms with Gasteiger partial charge in [-0.1, -0.05) is 53.9 Å². The van der Waals surface area contributed by atoms with Crippen LogP contribution >= 0.6 is 15.9 Å². The quantitative estimate of drug-likeness (QED) is 0.415. The molecule has 0 saturated carbocycles. The molecule has 1 rings (SSSR count). The lowest BCUT2D eigenvalue weighted by atomic mass is 10.00. The maximum absolute atomic E-state index is 3.78. The van der Waals surface area contributed by atoms with Gasteiger partial charge in [-0.15, -0.1) is 6.58 Å². The number of allylic oxidation sites excluding steroid dienone is 1. The fourth-order valence-corrected chi connectivity index (χ4v) is 2.88. The van der Waals surface area contributed by atoms with Crippen molar-refractivity contribution in [1.82, 2.24) is 5.32 Å². The number of hydrogen-bond acceptors (Lipinski definition) is 1. The van der Waals surface area contributed by atoms with E-state index < -0.39 is 0 Å². The third-order valence-corrected chi connectivity index (χ3v) is 4.01. The van der Waals surface area contributed by atoms with E-state index in [1.165, 1.54) is 42.1 Å². The van der Waals surface area contributed by atoms with Gasteiger partial charge in [-0.3, -0.25) is 0 Å². The molecule has 0 saturated heterocycles. The van der Waals surface area contributed by atoms with Gasteiger partial charge in [0.15, 0.2) is 0 Å². The Labute approximate surface area is 133 Å². The van der Waals surface area contributed by atoms with Crippen LogP contribution in [0.1, 0.15) is 51.0 Å². The molecule has 0 heterocycles. The number of rotatable bonds is 11. The predicted molar refractivity (Wildman–Crippen MR) is 93.2 cm³/mol. The minimum Gasteiger partial charge on any atom is -0.314 e. The molecule has 1 N–H and O–H groups in total. The molecule has 0 amide bonds. The van der Waals surface area contributed by atoms with Crippen molar-refractivity contribution in [2.45, 2.75) is 57.9 Å². The highest BCUT2D eigenvalue weighted by atomic mass is 79.9. The van der Waals surface area contributed by atoms with E-state index >= 15 is 0 Å². The molecule has 1 aromatic rings. The Morgan fingerprint density at radius 2 is 2.15 bits per heavy atom. The Balaban J connectivity index is 2.40. The van der Waals surface area contributed by atoms with Gasteiger partial charge in [0.2, 0.25) is 0 Å². The molecule has 2 heteroatoms. The molecule has 0 aliphatic rings. The Morgan fingerprint density at radius 1 is 1.30 bits per heavy atom. The van der Waals surface area contributed by atoms with Gasteiger partial charge in [-0.25, -0.2) is 0 Å². The number of hydrogen-bond donors (Lipinski definition) is 1. The van der Waals surface area contributed by atoms with Gasteiger partial charge in [-0.05, 0) is 56.3 Å². The van der Waals surface area contributed by atoms with Gasteiger partial charge in [0, 0.05) is 10.5 Å². The van der Waals surface area contributed by atoms with Crippen molar-refractivity contribution in [3.63, 3.8) is 0 Å². The van der Waals surface area contributed by atoms with Gasteiger partial charge in [-0.2, -0.15) is 0 Å². The average molecular weight is 338 g/mol. The third kappa shape index (κ3) is 7.86. The van der Waals surface area contributed by atoms with E-state index in [1.807, 2.05) is 6.08 Å². The zero-order chi connectivity index (χ0) is 14.6. The molecule has 0 fully saturated rings. The summed E-state index contributed by atoms with van der Waals surface area (Å²) in [6.07, 6.45) is 10.7. The van der Waals surface area contributed by atoms with Gasteiger partial charge in [0.05, 0.1) is 0 Å². The van der Waals surface area contributed by atoms with E-state index in [9.17, 15) is 0 Å². The molecule has 1 nitrogen and oxygen atoms in total. The van der Waals surface area contributed by atoms with Crippen LogP contribution in [0.3, 0.4) is 0 Å². The van der Waals surface area contributed by atoms with E-state index in [-0.39, 0.29) is 0 Å². The molecular formula is C18H28BrN. The van der Waals surface area contributed by atoms with Crippen LogP contribution in [-0.2, 0) is 6.42 Å². The van der Waals surface area contributed by atoms with Crippen molar-refractivity contribution >= 4 is 15.9 Å². The lowest BCUT2D eigenvalue weighted by Gasteiger charge is -2.19. The van der Waals surface area contributed by atoms with Crippen molar-refractivity contribution in [2.24, 2.45) is 0 Å². The Hall–Kier alpha value is -0.600. The second-order valence-electron chi connectivity index (χ2n) is 5.41. The molecule has 1 atom stereocenters. The van der Waals surface area contributed by atoms with E-state index in [2.05, 4.69) is 59.0 Å². The smallest absolute Gasteiger partial charge is 0.0178 e. The second-order valence-corrected chi connectivity index (χ2v) is 6.33. The van der Waals surface area contributed by atoms with Crippen molar-refractivity contribution in [3.05, 3.63) is 47.0 Å². The standard InChI is InChI=1S/C18H28BrN/c1-3-5-6-7-8-12-18(20-13-4-2)15-16-10-9-11-17(19)14-16/h3,9-11,14,18,20H,1,4-8,12-13,15H2,2H3. The molecule has 1 unspecified atom stereocenters. The van der Waals surface area contributed by atoms with E-state index in [0.29, 0.717) is 6.04 Å². The highest BCUT2D eigenvalue weighted by Gasteiger charge is 2.08. The molecule has 0 radical (unpaired) electrons. The van der Waals surface area contributed by atoms with E-state index in [4.69, 9.17) is 0 Å². The maximum Gasteiger partial charge on any atom is 0.0178 e. The van der Waals surface area contributed by atoms with Crippen LogP contribution < -0.4 is 5.32 Å². The molecule has 20 heavy (non-hydrogen) atoms. The SMILES string of the molecule is C=CCCCCCC(Cc1cccc(Br)c1)NCCC. The summed E-state index contributed by atoms with van der Waals surface area (Å²) in [7, 11) is 0. The first-order chi connectivity index (χ1) is 9.76. The monoisotopic (exact) mass is 337 g/mol. The van der Waals surface area contributed by atoms with Crippen LogP contribution in [0, 0.1) is 0 Å². The zero-order valence-corrected chi connectivity index (χ0v) is 14.3. The van der Waals surface area contributed by atoms with Crippen LogP contribution in [0.2, 0.25) is 0 Å². The summed E-state index contributed by atoms with van der Waals surface area (Å²) < 4.78 is 1.18.